The van der Waals surface area contributed by atoms with Crippen LogP contribution in [-0.4, -0.2) is 47.0 Å². The van der Waals surface area contributed by atoms with Gasteiger partial charge in [-0.05, 0) is 43.4 Å². The monoisotopic (exact) mass is 441 g/mol. The van der Waals surface area contributed by atoms with Crippen LogP contribution >= 0.6 is 11.3 Å². The number of hydrogen-bond acceptors (Lipinski definition) is 4. The number of carbonyl (C=O) groups is 2. The van der Waals surface area contributed by atoms with E-state index in [9.17, 15) is 27.2 Å². The van der Waals surface area contributed by atoms with E-state index in [1.165, 1.54) is 28.4 Å². The molecule has 2 heterocycles. The van der Waals surface area contributed by atoms with E-state index in [4.69, 9.17) is 0 Å². The molecule has 5 nitrogen and oxygen atoms in total. The van der Waals surface area contributed by atoms with Gasteiger partial charge in [0, 0.05) is 25.0 Å². The molecule has 1 aliphatic carbocycles. The van der Waals surface area contributed by atoms with Crippen LogP contribution < -0.4 is 5.32 Å². The van der Waals surface area contributed by atoms with Gasteiger partial charge in [0.05, 0.1) is 9.88 Å². The molecule has 4 rings (SSSR count). The molecule has 1 aromatic heterocycles. The molecule has 0 radical (unpaired) electrons. The molecule has 1 saturated carbocycles. The minimum Gasteiger partial charge on any atom is -0.346 e. The number of benzene rings is 1. The van der Waals surface area contributed by atoms with Crippen LogP contribution in [0.1, 0.15) is 47.1 Å². The normalized spacial score (nSPS) is 19.2. The number of nitrogens with one attached hydrogen (secondary N) is 1. The second-order valence-corrected chi connectivity index (χ2v) is 8.54. The fraction of sp³-hybridized carbons (Fsp3) is 0.450. The van der Waals surface area contributed by atoms with E-state index < -0.39 is 23.9 Å². The fourth-order valence-electron chi connectivity index (χ4n) is 3.55. The highest BCUT2D eigenvalue weighted by Gasteiger charge is 2.40. The Balaban J connectivity index is 1.57. The Morgan fingerprint density at radius 1 is 1.17 bits per heavy atom. The van der Waals surface area contributed by atoms with Crippen LogP contribution in [0.3, 0.4) is 0 Å². The summed E-state index contributed by atoms with van der Waals surface area (Å²) in [6.07, 6.45) is -1.84. The molecule has 2 aromatic rings. The number of rotatable bonds is 5. The van der Waals surface area contributed by atoms with E-state index in [2.05, 4.69) is 4.98 Å². The summed E-state index contributed by atoms with van der Waals surface area (Å²) >= 11 is 1.40. The van der Waals surface area contributed by atoms with Gasteiger partial charge in [-0.1, -0.05) is 12.1 Å². The van der Waals surface area contributed by atoms with Crippen LogP contribution in [0.5, 0.6) is 0 Å². The maximum absolute atomic E-state index is 13.3. The van der Waals surface area contributed by atoms with E-state index in [1.54, 1.807) is 12.1 Å². The third-order valence-electron chi connectivity index (χ3n) is 5.27. The number of hydrogen-bond donors (Lipinski definition) is 1. The summed E-state index contributed by atoms with van der Waals surface area (Å²) < 4.78 is 50.7. The average Bonchev–Trinajstić information content (AvgIpc) is 3.28. The van der Waals surface area contributed by atoms with Crippen LogP contribution in [0.15, 0.2) is 24.3 Å². The molecular formula is C20H19F4N3O2S. The first-order chi connectivity index (χ1) is 14.2. The summed E-state index contributed by atoms with van der Waals surface area (Å²) in [6.45, 7) is 0.111. The van der Waals surface area contributed by atoms with E-state index in [0.717, 1.165) is 17.8 Å². The lowest BCUT2D eigenvalue weighted by atomic mass is 10.1. The zero-order valence-corrected chi connectivity index (χ0v) is 16.7. The molecule has 2 fully saturated rings. The topological polar surface area (TPSA) is 62.3 Å². The van der Waals surface area contributed by atoms with Gasteiger partial charge in [0.25, 0.3) is 5.91 Å². The Labute approximate surface area is 174 Å². The predicted molar refractivity (Wildman–Crippen MR) is 103 cm³/mol. The van der Waals surface area contributed by atoms with Gasteiger partial charge >= 0.3 is 12.1 Å². The summed E-state index contributed by atoms with van der Waals surface area (Å²) in [7, 11) is 0. The smallest absolute Gasteiger partial charge is 0.346 e. The van der Waals surface area contributed by atoms with Gasteiger partial charge in [0.2, 0.25) is 0 Å². The zero-order chi connectivity index (χ0) is 21.5. The molecule has 0 unspecified atom stereocenters. The summed E-state index contributed by atoms with van der Waals surface area (Å²) in [5.41, 5.74) is 0.910. The highest BCUT2D eigenvalue weighted by Crippen LogP contribution is 2.45. The van der Waals surface area contributed by atoms with Crippen LogP contribution in [-0.2, 0) is 4.79 Å². The average molecular weight is 441 g/mol. The second-order valence-electron chi connectivity index (χ2n) is 7.51. The van der Waals surface area contributed by atoms with E-state index in [1.807, 2.05) is 5.32 Å². The number of aromatic nitrogens is 1. The Morgan fingerprint density at radius 3 is 2.50 bits per heavy atom. The quantitative estimate of drug-likeness (QED) is 0.711. The van der Waals surface area contributed by atoms with Crippen molar-refractivity contribution in [3.63, 3.8) is 0 Å². The van der Waals surface area contributed by atoms with Crippen molar-refractivity contribution in [3.8, 4) is 10.4 Å². The maximum Gasteiger partial charge on any atom is 0.471 e. The van der Waals surface area contributed by atoms with Gasteiger partial charge in [-0.25, -0.2) is 9.37 Å². The first kappa shape index (κ1) is 20.8. The summed E-state index contributed by atoms with van der Waals surface area (Å²) in [6, 6.07) is 5.26. The van der Waals surface area contributed by atoms with Gasteiger partial charge in [-0.15, -0.1) is 11.3 Å². The van der Waals surface area contributed by atoms with Gasteiger partial charge in [-0.3, -0.25) is 9.59 Å². The Bertz CT molecular complexity index is 954. The van der Waals surface area contributed by atoms with Crippen LogP contribution in [0, 0.1) is 5.82 Å². The van der Waals surface area contributed by atoms with E-state index in [-0.39, 0.29) is 18.1 Å². The minimum absolute atomic E-state index is 0.238. The van der Waals surface area contributed by atoms with Gasteiger partial charge in [0.1, 0.15) is 11.5 Å². The molecule has 1 aromatic carbocycles. The molecule has 160 valence electrons. The third kappa shape index (κ3) is 4.33. The molecule has 1 atom stereocenters. The van der Waals surface area contributed by atoms with Gasteiger partial charge in [-0.2, -0.15) is 13.2 Å². The number of carbonyl (C=O) groups excluding carboxylic acids is 2. The SMILES string of the molecule is O=C(c1nc(C2CC2)sc1-c1ccc(F)cc1)N1CCC[C@H]1CNC(=O)C(F)(F)F. The van der Waals surface area contributed by atoms with Crippen LogP contribution in [0.2, 0.25) is 0 Å². The highest BCUT2D eigenvalue weighted by molar-refractivity contribution is 7.15. The first-order valence-electron chi connectivity index (χ1n) is 9.66. The summed E-state index contributed by atoms with van der Waals surface area (Å²) in [4.78, 5) is 31.1. The molecule has 10 heteroatoms. The molecular weight excluding hydrogens is 422 g/mol. The lowest BCUT2D eigenvalue weighted by Gasteiger charge is -2.25. The van der Waals surface area contributed by atoms with Crippen molar-refractivity contribution in [1.29, 1.82) is 0 Å². The molecule has 1 N–H and O–H groups in total. The number of nitrogens with zero attached hydrogens (tertiary/aromatic N) is 2. The second kappa shape index (κ2) is 7.98. The molecule has 1 saturated heterocycles. The van der Waals surface area contributed by atoms with Gasteiger partial charge in [0.15, 0.2) is 0 Å². The number of likely N-dealkylation sites (tertiary alicyclic amines) is 1. The minimum atomic E-state index is -4.96. The summed E-state index contributed by atoms with van der Waals surface area (Å²) in [5, 5.41) is 2.72. The number of amides is 2. The Kier molecular flexibility index (Phi) is 5.52. The largest absolute Gasteiger partial charge is 0.471 e. The molecule has 2 amide bonds. The van der Waals surface area contributed by atoms with Crippen molar-refractivity contribution in [2.24, 2.45) is 0 Å². The van der Waals surface area contributed by atoms with E-state index in [0.29, 0.717) is 35.7 Å². The third-order valence-corrected chi connectivity index (χ3v) is 6.54. The van der Waals surface area contributed by atoms with Crippen molar-refractivity contribution in [3.05, 3.63) is 40.8 Å². The number of alkyl halides is 3. The molecule has 0 bridgehead atoms. The molecule has 1 aliphatic heterocycles. The molecule has 2 aliphatic rings. The highest BCUT2D eigenvalue weighted by atomic mass is 32.1. The van der Waals surface area contributed by atoms with Crippen molar-refractivity contribution in [1.82, 2.24) is 15.2 Å². The number of halogens is 4. The van der Waals surface area contributed by atoms with Crippen molar-refractivity contribution in [2.45, 2.75) is 43.8 Å². The first-order valence-corrected chi connectivity index (χ1v) is 10.5. The lowest BCUT2D eigenvalue weighted by molar-refractivity contribution is -0.173. The number of thiazole rings is 1. The van der Waals surface area contributed by atoms with Crippen LogP contribution in [0.25, 0.3) is 10.4 Å². The lowest BCUT2D eigenvalue weighted by Crippen LogP contribution is -2.46. The molecule has 0 spiro atoms. The summed E-state index contributed by atoms with van der Waals surface area (Å²) in [5.74, 6) is -2.46. The van der Waals surface area contributed by atoms with Crippen LogP contribution in [0.4, 0.5) is 17.6 Å². The maximum atomic E-state index is 13.3. The predicted octanol–water partition coefficient (Wildman–Crippen LogP) is 4.11. The van der Waals surface area contributed by atoms with Crippen molar-refractivity contribution in [2.75, 3.05) is 13.1 Å². The standard InChI is InChI=1S/C20H19F4N3O2S/c21-13-7-5-11(6-8-13)16-15(26-17(30-16)12-3-4-12)18(28)27-9-1-2-14(27)10-25-19(29)20(22,23)24/h5-8,12,14H,1-4,9-10H2,(H,25,29)/t14-/m0/s1. The Morgan fingerprint density at radius 2 is 1.87 bits per heavy atom. The van der Waals surface area contributed by atoms with Gasteiger partial charge < -0.3 is 10.2 Å². The van der Waals surface area contributed by atoms with Crippen molar-refractivity contribution >= 4 is 23.2 Å². The fourth-order valence-corrected chi connectivity index (χ4v) is 4.78. The zero-order valence-electron chi connectivity index (χ0n) is 15.8. The Hall–Kier alpha value is -2.49. The van der Waals surface area contributed by atoms with Crippen molar-refractivity contribution < 1.29 is 27.2 Å². The van der Waals surface area contributed by atoms with E-state index >= 15 is 0 Å². The molecule has 30 heavy (non-hydrogen) atoms.